The zero-order chi connectivity index (χ0) is 23.8. The van der Waals surface area contributed by atoms with Gasteiger partial charge in [0, 0.05) is 52.2 Å². The Balaban J connectivity index is 1.40. The molecule has 1 aliphatic heterocycles. The summed E-state index contributed by atoms with van der Waals surface area (Å²) in [5.41, 5.74) is 5.14. The summed E-state index contributed by atoms with van der Waals surface area (Å²) in [6, 6.07) is 6.37. The highest BCUT2D eigenvalue weighted by molar-refractivity contribution is 9.10. The molecule has 2 fully saturated rings. The van der Waals surface area contributed by atoms with Gasteiger partial charge in [-0.05, 0) is 102 Å². The standard InChI is InChI=1S/C27H31Br2ClN2O2/c1-34-22-4-2-3-19(13-22)27(33)32-9-7-16(8-10-32)25-24-17(12-21(30)14-23(24)29)5-6-18-11-20(28)15-31-26(18)25/h11-12,14-16,19,22,25H,2-10,13H2,1H3/t19-,22+,25-/m1/s1. The molecule has 4 nitrogen and oxygen atoms in total. The smallest absolute Gasteiger partial charge is 0.225 e. The molecule has 2 aliphatic carbocycles. The van der Waals surface area contributed by atoms with E-state index < -0.39 is 0 Å². The summed E-state index contributed by atoms with van der Waals surface area (Å²) >= 11 is 13.9. The summed E-state index contributed by atoms with van der Waals surface area (Å²) in [4.78, 5) is 20.4. The quantitative estimate of drug-likeness (QED) is 0.379. The van der Waals surface area contributed by atoms with Crippen LogP contribution in [0.4, 0.5) is 0 Å². The maximum Gasteiger partial charge on any atom is 0.225 e. The highest BCUT2D eigenvalue weighted by atomic mass is 79.9. The number of aryl methyl sites for hydroxylation is 2. The predicted octanol–water partition coefficient (Wildman–Crippen LogP) is 6.93. The molecule has 7 heteroatoms. The molecule has 5 rings (SSSR count). The molecule has 1 saturated heterocycles. The third kappa shape index (κ3) is 4.98. The number of benzene rings is 1. The lowest BCUT2D eigenvalue weighted by Crippen LogP contribution is -2.44. The Morgan fingerprint density at radius 2 is 1.85 bits per heavy atom. The number of likely N-dealkylation sites (tertiary alicyclic amines) is 1. The van der Waals surface area contributed by atoms with Crippen LogP contribution in [0.25, 0.3) is 0 Å². The minimum absolute atomic E-state index is 0.116. The molecule has 1 aromatic heterocycles. The van der Waals surface area contributed by atoms with Gasteiger partial charge in [-0.1, -0.05) is 34.0 Å². The SMILES string of the molecule is CO[C@H]1CCC[C@@H](C(=O)N2CCC([C@H]3c4ncc(Br)cc4CCc4cc(Cl)cc(Br)c43)CC2)C1. The molecule has 3 aliphatic rings. The molecule has 1 aromatic carbocycles. The van der Waals surface area contributed by atoms with Crippen LogP contribution in [0, 0.1) is 11.8 Å². The van der Waals surface area contributed by atoms with Crippen LogP contribution in [-0.2, 0) is 22.4 Å². The second kappa shape index (κ2) is 10.6. The number of carbonyl (C=O) groups is 1. The third-order valence-corrected chi connectivity index (χ3v) is 9.36. The van der Waals surface area contributed by atoms with Crippen molar-refractivity contribution >= 4 is 49.4 Å². The summed E-state index contributed by atoms with van der Waals surface area (Å²) in [5.74, 6) is 1.09. The lowest BCUT2D eigenvalue weighted by Gasteiger charge is -2.39. The lowest BCUT2D eigenvalue weighted by atomic mass is 9.76. The van der Waals surface area contributed by atoms with Gasteiger partial charge in [-0.3, -0.25) is 9.78 Å². The molecule has 3 atom stereocenters. The van der Waals surface area contributed by atoms with Gasteiger partial charge >= 0.3 is 0 Å². The maximum atomic E-state index is 13.3. The fourth-order valence-electron chi connectivity index (χ4n) is 6.32. The van der Waals surface area contributed by atoms with Crippen molar-refractivity contribution in [3.8, 4) is 0 Å². The Hall–Kier alpha value is -0.950. The Morgan fingerprint density at radius 1 is 1.09 bits per heavy atom. The van der Waals surface area contributed by atoms with E-state index >= 15 is 0 Å². The number of hydrogen-bond acceptors (Lipinski definition) is 3. The van der Waals surface area contributed by atoms with E-state index in [4.69, 9.17) is 21.3 Å². The lowest BCUT2D eigenvalue weighted by molar-refractivity contribution is -0.139. The van der Waals surface area contributed by atoms with E-state index in [0.717, 1.165) is 78.4 Å². The summed E-state index contributed by atoms with van der Waals surface area (Å²) < 4.78 is 7.66. The number of rotatable bonds is 3. The van der Waals surface area contributed by atoms with E-state index in [1.807, 2.05) is 12.3 Å². The van der Waals surface area contributed by atoms with E-state index in [1.54, 1.807) is 7.11 Å². The van der Waals surface area contributed by atoms with E-state index in [-0.39, 0.29) is 17.9 Å². The number of piperidine rings is 1. The monoisotopic (exact) mass is 608 g/mol. The van der Waals surface area contributed by atoms with Crippen molar-refractivity contribution in [2.75, 3.05) is 20.2 Å². The second-order valence-electron chi connectivity index (χ2n) is 10.0. The largest absolute Gasteiger partial charge is 0.381 e. The number of pyridine rings is 1. The van der Waals surface area contributed by atoms with Gasteiger partial charge in [-0.25, -0.2) is 0 Å². The molecular weight excluding hydrogens is 580 g/mol. The van der Waals surface area contributed by atoms with Crippen LogP contribution < -0.4 is 0 Å². The van der Waals surface area contributed by atoms with Crippen molar-refractivity contribution in [3.63, 3.8) is 0 Å². The Morgan fingerprint density at radius 3 is 2.62 bits per heavy atom. The summed E-state index contributed by atoms with van der Waals surface area (Å²) in [5, 5.41) is 0.770. The van der Waals surface area contributed by atoms with Crippen LogP contribution in [-0.4, -0.2) is 42.1 Å². The van der Waals surface area contributed by atoms with Gasteiger partial charge in [0.05, 0.1) is 11.8 Å². The fraction of sp³-hybridized carbons (Fsp3) is 0.556. The second-order valence-corrected chi connectivity index (χ2v) is 12.2. The molecule has 0 N–H and O–H groups in total. The van der Waals surface area contributed by atoms with E-state index in [0.29, 0.717) is 11.8 Å². The van der Waals surface area contributed by atoms with Gasteiger partial charge in [0.15, 0.2) is 0 Å². The van der Waals surface area contributed by atoms with E-state index in [2.05, 4.69) is 48.9 Å². The zero-order valence-corrected chi connectivity index (χ0v) is 23.5. The Bertz CT molecular complexity index is 1070. The molecule has 0 unspecified atom stereocenters. The maximum absolute atomic E-state index is 13.3. The van der Waals surface area contributed by atoms with Crippen LogP contribution in [0.1, 0.15) is 66.8 Å². The molecule has 34 heavy (non-hydrogen) atoms. The number of halogens is 3. The Labute approximate surface area is 224 Å². The Kier molecular flexibility index (Phi) is 7.69. The number of hydrogen-bond donors (Lipinski definition) is 0. The topological polar surface area (TPSA) is 42.4 Å². The first kappa shape index (κ1) is 24.7. The van der Waals surface area contributed by atoms with E-state index in [9.17, 15) is 4.79 Å². The highest BCUT2D eigenvalue weighted by Crippen LogP contribution is 2.46. The van der Waals surface area contributed by atoms with Crippen LogP contribution in [0.2, 0.25) is 5.02 Å². The van der Waals surface area contributed by atoms with Gasteiger partial charge in [-0.2, -0.15) is 0 Å². The van der Waals surface area contributed by atoms with Crippen molar-refractivity contribution in [1.29, 1.82) is 0 Å². The van der Waals surface area contributed by atoms with Crippen molar-refractivity contribution in [2.24, 2.45) is 11.8 Å². The minimum Gasteiger partial charge on any atom is -0.381 e. The van der Waals surface area contributed by atoms with Crippen LogP contribution in [0.3, 0.4) is 0 Å². The first-order valence-corrected chi connectivity index (χ1v) is 14.3. The number of amides is 1. The van der Waals surface area contributed by atoms with Crippen molar-refractivity contribution in [3.05, 3.63) is 60.7 Å². The number of methoxy groups -OCH3 is 1. The van der Waals surface area contributed by atoms with Crippen LogP contribution in [0.5, 0.6) is 0 Å². The highest BCUT2D eigenvalue weighted by Gasteiger charge is 2.38. The number of fused-ring (bicyclic) bond motifs is 2. The third-order valence-electron chi connectivity index (χ3n) is 8.05. The summed E-state index contributed by atoms with van der Waals surface area (Å²) in [6.07, 6.45) is 10.1. The van der Waals surface area contributed by atoms with E-state index in [1.165, 1.54) is 22.4 Å². The normalized spacial score (nSPS) is 25.4. The van der Waals surface area contributed by atoms with Gasteiger partial charge in [0.2, 0.25) is 5.91 Å². The molecule has 182 valence electrons. The molecule has 2 heterocycles. The average Bonchev–Trinajstić information content (AvgIpc) is 3.00. The molecule has 0 spiro atoms. The van der Waals surface area contributed by atoms with Gasteiger partial charge < -0.3 is 9.64 Å². The fourth-order valence-corrected chi connectivity index (χ4v) is 7.82. The van der Waals surface area contributed by atoms with Gasteiger partial charge in [0.1, 0.15) is 0 Å². The zero-order valence-electron chi connectivity index (χ0n) is 19.5. The first-order chi connectivity index (χ1) is 16.4. The number of nitrogens with zero attached hydrogens (tertiary/aromatic N) is 2. The number of carbonyl (C=O) groups excluding carboxylic acids is 1. The summed E-state index contributed by atoms with van der Waals surface area (Å²) in [7, 11) is 1.77. The summed E-state index contributed by atoms with van der Waals surface area (Å²) in [6.45, 7) is 1.64. The number of ether oxygens (including phenoxy) is 1. The average molecular weight is 611 g/mol. The van der Waals surface area contributed by atoms with Crippen molar-refractivity contribution < 1.29 is 9.53 Å². The molecule has 0 radical (unpaired) electrons. The molecule has 1 amide bonds. The van der Waals surface area contributed by atoms with Crippen LogP contribution in [0.15, 0.2) is 33.3 Å². The van der Waals surface area contributed by atoms with Gasteiger partial charge in [-0.15, -0.1) is 0 Å². The molecule has 0 bridgehead atoms. The molecular formula is C27H31Br2ClN2O2. The molecule has 1 saturated carbocycles. The van der Waals surface area contributed by atoms with Gasteiger partial charge in [0.25, 0.3) is 0 Å². The first-order valence-electron chi connectivity index (χ1n) is 12.4. The molecule has 2 aromatic rings. The van der Waals surface area contributed by atoms with Crippen molar-refractivity contribution in [2.45, 2.75) is 63.4 Å². The number of aromatic nitrogens is 1. The van der Waals surface area contributed by atoms with Crippen molar-refractivity contribution in [1.82, 2.24) is 9.88 Å². The van der Waals surface area contributed by atoms with Crippen LogP contribution >= 0.6 is 43.5 Å². The minimum atomic E-state index is 0.116. The predicted molar refractivity (Wildman–Crippen MR) is 142 cm³/mol.